The second-order valence-electron chi connectivity index (χ2n) is 6.82. The molecule has 1 atom stereocenters. The fourth-order valence-electron chi connectivity index (χ4n) is 3.27. The number of rotatable bonds is 3. The van der Waals surface area contributed by atoms with Gasteiger partial charge in [0.15, 0.2) is 0 Å². The number of halogens is 1. The quantitative estimate of drug-likeness (QED) is 0.764. The van der Waals surface area contributed by atoms with Gasteiger partial charge in [-0.1, -0.05) is 11.6 Å². The number of hydrogen-bond acceptors (Lipinski definition) is 4. The van der Waals surface area contributed by atoms with Crippen LogP contribution in [0.3, 0.4) is 0 Å². The Labute approximate surface area is 167 Å². The zero-order valence-corrected chi connectivity index (χ0v) is 16.5. The molecule has 2 saturated heterocycles. The summed E-state index contributed by atoms with van der Waals surface area (Å²) in [6.45, 7) is 1.53. The predicted molar refractivity (Wildman–Crippen MR) is 103 cm³/mol. The molecular weight excluding hydrogens is 386 g/mol. The fourth-order valence-corrected chi connectivity index (χ4v) is 3.39. The molecule has 0 aliphatic carbocycles. The number of piperazine rings is 1. The number of carbonyl (C=O) groups excluding carboxylic acids is 4. The zero-order chi connectivity index (χ0) is 20.4. The summed E-state index contributed by atoms with van der Waals surface area (Å²) in [6.07, 6.45) is -0.0532. The minimum absolute atomic E-state index is 0.0532. The first kappa shape index (κ1) is 19.9. The summed E-state index contributed by atoms with van der Waals surface area (Å²) in [6, 6.07) is 5.39. The van der Waals surface area contributed by atoms with E-state index in [9.17, 15) is 19.2 Å². The van der Waals surface area contributed by atoms with Crippen LogP contribution in [-0.2, 0) is 9.59 Å². The smallest absolute Gasteiger partial charge is 0.326 e. The lowest BCUT2D eigenvalue weighted by Gasteiger charge is -2.35. The second kappa shape index (κ2) is 8.05. The van der Waals surface area contributed by atoms with Crippen molar-refractivity contribution in [3.8, 4) is 0 Å². The molecule has 150 valence electrons. The maximum atomic E-state index is 12.5. The normalized spacial score (nSPS) is 20.0. The van der Waals surface area contributed by atoms with Crippen molar-refractivity contribution < 1.29 is 19.2 Å². The summed E-state index contributed by atoms with van der Waals surface area (Å²) in [5.41, 5.74) is 0.643. The van der Waals surface area contributed by atoms with Crippen molar-refractivity contribution in [1.82, 2.24) is 19.6 Å². The lowest BCUT2D eigenvalue weighted by molar-refractivity contribution is -0.137. The van der Waals surface area contributed by atoms with Crippen molar-refractivity contribution in [3.63, 3.8) is 0 Å². The van der Waals surface area contributed by atoms with Gasteiger partial charge in [-0.05, 0) is 24.3 Å². The first-order valence-corrected chi connectivity index (χ1v) is 9.29. The molecule has 2 heterocycles. The SMILES string of the molecule is CN1C(=O)C(CC(=O)N2CCN(C(=O)Nc3ccc(Cl)cc3)CC2)N(C)C1=O. The van der Waals surface area contributed by atoms with Gasteiger partial charge < -0.3 is 20.0 Å². The molecule has 1 unspecified atom stereocenters. The molecule has 6 amide bonds. The third-order valence-electron chi connectivity index (χ3n) is 5.05. The van der Waals surface area contributed by atoms with Gasteiger partial charge in [0, 0.05) is 51.0 Å². The highest BCUT2D eigenvalue weighted by Crippen LogP contribution is 2.19. The van der Waals surface area contributed by atoms with E-state index in [1.165, 1.54) is 19.0 Å². The maximum Gasteiger partial charge on any atom is 0.326 e. The van der Waals surface area contributed by atoms with Gasteiger partial charge in [0.05, 0.1) is 6.42 Å². The van der Waals surface area contributed by atoms with Crippen molar-refractivity contribution in [2.45, 2.75) is 12.5 Å². The van der Waals surface area contributed by atoms with E-state index in [0.717, 1.165) is 4.90 Å². The number of hydrogen-bond donors (Lipinski definition) is 1. The van der Waals surface area contributed by atoms with E-state index >= 15 is 0 Å². The topological polar surface area (TPSA) is 93.3 Å². The summed E-state index contributed by atoms with van der Waals surface area (Å²) in [5, 5.41) is 3.38. The molecule has 2 aliphatic heterocycles. The van der Waals surface area contributed by atoms with Crippen molar-refractivity contribution in [3.05, 3.63) is 29.3 Å². The van der Waals surface area contributed by atoms with Crippen LogP contribution in [0, 0.1) is 0 Å². The Morgan fingerprint density at radius 2 is 1.61 bits per heavy atom. The van der Waals surface area contributed by atoms with Gasteiger partial charge >= 0.3 is 12.1 Å². The van der Waals surface area contributed by atoms with Gasteiger partial charge in [-0.3, -0.25) is 14.5 Å². The Hall–Kier alpha value is -2.81. The fraction of sp³-hybridized carbons (Fsp3) is 0.444. The first-order valence-electron chi connectivity index (χ1n) is 8.91. The highest BCUT2D eigenvalue weighted by molar-refractivity contribution is 6.30. The van der Waals surface area contributed by atoms with Crippen LogP contribution >= 0.6 is 11.6 Å². The Morgan fingerprint density at radius 1 is 1.04 bits per heavy atom. The average Bonchev–Trinajstić information content (AvgIpc) is 2.87. The highest BCUT2D eigenvalue weighted by Gasteiger charge is 2.42. The van der Waals surface area contributed by atoms with Gasteiger partial charge in [0.1, 0.15) is 6.04 Å². The molecule has 0 radical (unpaired) electrons. The van der Waals surface area contributed by atoms with Crippen LogP contribution in [0.15, 0.2) is 24.3 Å². The van der Waals surface area contributed by atoms with E-state index in [4.69, 9.17) is 11.6 Å². The minimum atomic E-state index is -0.767. The van der Waals surface area contributed by atoms with Gasteiger partial charge in [0.25, 0.3) is 5.91 Å². The van der Waals surface area contributed by atoms with Crippen LogP contribution in [0.2, 0.25) is 5.02 Å². The van der Waals surface area contributed by atoms with Crippen molar-refractivity contribution >= 4 is 41.2 Å². The molecule has 9 nitrogen and oxygen atoms in total. The molecule has 0 bridgehead atoms. The zero-order valence-electron chi connectivity index (χ0n) is 15.7. The van der Waals surface area contributed by atoms with E-state index in [2.05, 4.69) is 5.32 Å². The first-order chi connectivity index (χ1) is 13.3. The van der Waals surface area contributed by atoms with Crippen LogP contribution in [0.1, 0.15) is 6.42 Å². The van der Waals surface area contributed by atoms with Gasteiger partial charge in [-0.15, -0.1) is 0 Å². The molecule has 1 N–H and O–H groups in total. The van der Waals surface area contributed by atoms with Crippen LogP contribution in [0.4, 0.5) is 15.3 Å². The van der Waals surface area contributed by atoms with E-state index in [-0.39, 0.29) is 24.3 Å². The molecule has 2 aliphatic rings. The monoisotopic (exact) mass is 407 g/mol. The van der Waals surface area contributed by atoms with Crippen molar-refractivity contribution in [1.29, 1.82) is 0 Å². The number of carbonyl (C=O) groups is 4. The van der Waals surface area contributed by atoms with Crippen LogP contribution in [-0.4, -0.2) is 89.8 Å². The molecule has 3 rings (SSSR count). The largest absolute Gasteiger partial charge is 0.339 e. The molecule has 1 aromatic carbocycles. The minimum Gasteiger partial charge on any atom is -0.339 e. The molecule has 2 fully saturated rings. The van der Waals surface area contributed by atoms with Gasteiger partial charge in [-0.2, -0.15) is 0 Å². The number of anilines is 1. The summed E-state index contributed by atoms with van der Waals surface area (Å²) in [5.74, 6) is -0.576. The number of nitrogens with one attached hydrogen (secondary N) is 1. The van der Waals surface area contributed by atoms with E-state index in [1.807, 2.05) is 0 Å². The third-order valence-corrected chi connectivity index (χ3v) is 5.31. The Bertz CT molecular complexity index is 792. The lowest BCUT2D eigenvalue weighted by Crippen LogP contribution is -2.52. The highest BCUT2D eigenvalue weighted by atomic mass is 35.5. The number of urea groups is 2. The number of imide groups is 1. The van der Waals surface area contributed by atoms with E-state index < -0.39 is 12.1 Å². The summed E-state index contributed by atoms with van der Waals surface area (Å²) >= 11 is 5.83. The Morgan fingerprint density at radius 3 is 2.14 bits per heavy atom. The van der Waals surface area contributed by atoms with Crippen LogP contribution in [0.25, 0.3) is 0 Å². The molecule has 0 saturated carbocycles. The number of amides is 6. The molecular formula is C18H22ClN5O4. The van der Waals surface area contributed by atoms with Crippen molar-refractivity contribution in [2.24, 2.45) is 0 Å². The molecule has 0 spiro atoms. The second-order valence-corrected chi connectivity index (χ2v) is 7.25. The van der Waals surface area contributed by atoms with Crippen LogP contribution in [0.5, 0.6) is 0 Å². The number of nitrogens with zero attached hydrogens (tertiary/aromatic N) is 4. The predicted octanol–water partition coefficient (Wildman–Crippen LogP) is 1.30. The van der Waals surface area contributed by atoms with Crippen molar-refractivity contribution in [2.75, 3.05) is 45.6 Å². The van der Waals surface area contributed by atoms with Gasteiger partial charge in [0.2, 0.25) is 5.91 Å². The standard InChI is InChI=1S/C18H22ClN5O4/c1-21-14(16(26)22(2)18(21)28)11-15(25)23-7-9-24(10-8-23)17(27)20-13-5-3-12(19)4-6-13/h3-6,14H,7-11H2,1-2H3,(H,20,27). The summed E-state index contributed by atoms with van der Waals surface area (Å²) in [4.78, 5) is 54.4. The van der Waals surface area contributed by atoms with Gasteiger partial charge in [-0.25, -0.2) is 9.59 Å². The average molecular weight is 408 g/mol. The van der Waals surface area contributed by atoms with Crippen LogP contribution < -0.4 is 5.32 Å². The van der Waals surface area contributed by atoms with E-state index in [1.54, 1.807) is 34.1 Å². The molecule has 0 aromatic heterocycles. The molecule has 1 aromatic rings. The third kappa shape index (κ3) is 4.04. The Balaban J connectivity index is 1.50. The lowest BCUT2D eigenvalue weighted by atomic mass is 10.1. The molecule has 28 heavy (non-hydrogen) atoms. The Kier molecular flexibility index (Phi) is 5.73. The summed E-state index contributed by atoms with van der Waals surface area (Å²) < 4.78 is 0. The number of likely N-dealkylation sites (N-methyl/N-ethyl adjacent to an activating group) is 2. The summed E-state index contributed by atoms with van der Waals surface area (Å²) in [7, 11) is 2.92. The number of benzene rings is 1. The maximum absolute atomic E-state index is 12.5. The van der Waals surface area contributed by atoms with E-state index in [0.29, 0.717) is 36.9 Å². The molecule has 10 heteroatoms.